The molecule has 2 amide bonds. The molecule has 1 aromatic carbocycles. The van der Waals surface area contributed by atoms with E-state index < -0.39 is 0 Å². The highest BCUT2D eigenvalue weighted by Crippen LogP contribution is 2.33. The van der Waals surface area contributed by atoms with Gasteiger partial charge in [0.15, 0.2) is 0 Å². The van der Waals surface area contributed by atoms with Gasteiger partial charge in [0.1, 0.15) is 0 Å². The molecule has 2 aliphatic rings. The Balaban J connectivity index is 1.61. The molecule has 4 nitrogen and oxygen atoms in total. The Hall–Kier alpha value is -1.94. The minimum Gasteiger partial charge on any atom is -0.348 e. The van der Waals surface area contributed by atoms with Gasteiger partial charge in [-0.05, 0) is 42.7 Å². The van der Waals surface area contributed by atoms with Crippen molar-refractivity contribution in [3.05, 3.63) is 58.9 Å². The van der Waals surface area contributed by atoms with Crippen LogP contribution in [0.4, 0.5) is 4.79 Å². The number of nitrogens with zero attached hydrogens (tertiary/aromatic N) is 2. The lowest BCUT2D eigenvalue weighted by Crippen LogP contribution is -2.50. The molecule has 132 valence electrons. The number of hydrogen-bond acceptors (Lipinski definition) is 1. The van der Waals surface area contributed by atoms with Crippen molar-refractivity contribution in [2.24, 2.45) is 0 Å². The van der Waals surface area contributed by atoms with Crippen LogP contribution in [0.1, 0.15) is 49.4 Å². The number of benzene rings is 1. The number of fused-ring (bicyclic) bond motifs is 1. The second-order valence-corrected chi connectivity index (χ2v) is 7.49. The summed E-state index contributed by atoms with van der Waals surface area (Å²) >= 11 is 6.06. The summed E-state index contributed by atoms with van der Waals surface area (Å²) in [6.07, 6.45) is 8.01. The predicted molar refractivity (Wildman–Crippen MR) is 99.8 cm³/mol. The van der Waals surface area contributed by atoms with Crippen molar-refractivity contribution in [1.29, 1.82) is 0 Å². The summed E-state index contributed by atoms with van der Waals surface area (Å²) < 4.78 is 2.24. The Bertz CT molecular complexity index is 734. The van der Waals surface area contributed by atoms with Gasteiger partial charge < -0.3 is 14.8 Å². The number of halogens is 1. The number of nitrogens with one attached hydrogen (secondary N) is 1. The van der Waals surface area contributed by atoms with Crippen LogP contribution in [-0.4, -0.2) is 28.1 Å². The van der Waals surface area contributed by atoms with Crippen LogP contribution in [0.25, 0.3) is 0 Å². The summed E-state index contributed by atoms with van der Waals surface area (Å²) in [5, 5.41) is 3.99. The Kier molecular flexibility index (Phi) is 4.71. The van der Waals surface area contributed by atoms with E-state index in [1.165, 1.54) is 19.3 Å². The summed E-state index contributed by atoms with van der Waals surface area (Å²) in [6.45, 7) is 1.55. The topological polar surface area (TPSA) is 37.3 Å². The molecule has 0 unspecified atom stereocenters. The Morgan fingerprint density at radius 2 is 1.80 bits per heavy atom. The molecule has 1 N–H and O–H groups in total. The maximum atomic E-state index is 13.0. The second-order valence-electron chi connectivity index (χ2n) is 7.06. The molecule has 2 heterocycles. The third-order valence-electron chi connectivity index (χ3n) is 5.42. The lowest BCUT2D eigenvalue weighted by molar-refractivity contribution is 0.162. The van der Waals surface area contributed by atoms with Crippen LogP contribution in [0.5, 0.6) is 0 Å². The normalized spacial score (nSPS) is 21.0. The highest BCUT2D eigenvalue weighted by atomic mass is 35.5. The Morgan fingerprint density at radius 3 is 2.56 bits per heavy atom. The molecule has 0 radical (unpaired) electrons. The molecule has 1 aliphatic heterocycles. The van der Waals surface area contributed by atoms with E-state index in [9.17, 15) is 4.79 Å². The van der Waals surface area contributed by atoms with E-state index in [2.05, 4.69) is 28.2 Å². The third-order valence-corrected chi connectivity index (χ3v) is 5.67. The second kappa shape index (κ2) is 7.12. The lowest BCUT2D eigenvalue weighted by Gasteiger charge is -2.38. The first kappa shape index (κ1) is 16.5. The summed E-state index contributed by atoms with van der Waals surface area (Å²) in [7, 11) is 0. The summed E-state index contributed by atoms with van der Waals surface area (Å²) in [6, 6.07) is 12.3. The van der Waals surface area contributed by atoms with Gasteiger partial charge in [-0.25, -0.2) is 4.79 Å². The number of carbonyl (C=O) groups is 1. The minimum atomic E-state index is -0.0652. The van der Waals surface area contributed by atoms with Crippen LogP contribution >= 0.6 is 11.6 Å². The number of aromatic nitrogens is 1. The standard InChI is InChI=1S/C20H24ClN3O/c21-16-10-8-15(9-11-16)19-18-7-4-12-23(18)13-14-24(19)20(25)22-17-5-2-1-3-6-17/h4,7-12,17,19H,1-3,5-6,13-14H2,(H,22,25)/t19-/m0/s1. The molecular weight excluding hydrogens is 334 g/mol. The van der Waals surface area contributed by atoms with Crippen LogP contribution in [0.15, 0.2) is 42.6 Å². The van der Waals surface area contributed by atoms with Gasteiger partial charge in [0, 0.05) is 36.0 Å². The summed E-state index contributed by atoms with van der Waals surface area (Å²) in [5.74, 6) is 0. The number of amides is 2. The summed E-state index contributed by atoms with van der Waals surface area (Å²) in [4.78, 5) is 15.0. The monoisotopic (exact) mass is 357 g/mol. The molecule has 0 saturated heterocycles. The smallest absolute Gasteiger partial charge is 0.318 e. The van der Waals surface area contributed by atoms with E-state index >= 15 is 0 Å². The van der Waals surface area contributed by atoms with Gasteiger partial charge in [-0.3, -0.25) is 0 Å². The lowest BCUT2D eigenvalue weighted by atomic mass is 9.95. The molecular formula is C20H24ClN3O. The van der Waals surface area contributed by atoms with E-state index in [-0.39, 0.29) is 12.1 Å². The molecule has 1 aliphatic carbocycles. The highest BCUT2D eigenvalue weighted by Gasteiger charge is 2.33. The van der Waals surface area contributed by atoms with E-state index in [0.717, 1.165) is 30.6 Å². The van der Waals surface area contributed by atoms with Crippen molar-refractivity contribution in [3.8, 4) is 0 Å². The van der Waals surface area contributed by atoms with Crippen molar-refractivity contribution in [3.63, 3.8) is 0 Å². The van der Waals surface area contributed by atoms with Crippen molar-refractivity contribution in [1.82, 2.24) is 14.8 Å². The first-order valence-electron chi connectivity index (χ1n) is 9.20. The fraction of sp³-hybridized carbons (Fsp3) is 0.450. The zero-order chi connectivity index (χ0) is 17.2. The van der Waals surface area contributed by atoms with Gasteiger partial charge in [-0.2, -0.15) is 0 Å². The minimum absolute atomic E-state index is 0.0549. The van der Waals surface area contributed by atoms with Crippen molar-refractivity contribution in [2.75, 3.05) is 6.54 Å². The maximum absolute atomic E-state index is 13.0. The first-order valence-corrected chi connectivity index (χ1v) is 9.58. The third kappa shape index (κ3) is 3.40. The summed E-state index contributed by atoms with van der Waals surface area (Å²) in [5.41, 5.74) is 2.26. The Morgan fingerprint density at radius 1 is 1.04 bits per heavy atom. The van der Waals surface area contributed by atoms with E-state index in [1.54, 1.807) is 0 Å². The molecule has 25 heavy (non-hydrogen) atoms. The van der Waals surface area contributed by atoms with Gasteiger partial charge in [-0.15, -0.1) is 0 Å². The average molecular weight is 358 g/mol. The number of hydrogen-bond donors (Lipinski definition) is 1. The molecule has 1 saturated carbocycles. The van der Waals surface area contributed by atoms with Crippen LogP contribution in [0.2, 0.25) is 5.02 Å². The first-order chi connectivity index (χ1) is 12.2. The van der Waals surface area contributed by atoms with Gasteiger partial charge in [0.05, 0.1) is 6.04 Å². The number of rotatable bonds is 2. The van der Waals surface area contributed by atoms with Crippen LogP contribution in [-0.2, 0) is 6.54 Å². The average Bonchev–Trinajstić information content (AvgIpc) is 3.11. The van der Waals surface area contributed by atoms with Gasteiger partial charge in [0.2, 0.25) is 0 Å². The largest absolute Gasteiger partial charge is 0.348 e. The zero-order valence-corrected chi connectivity index (χ0v) is 15.1. The fourth-order valence-electron chi connectivity index (χ4n) is 4.10. The molecule has 2 aromatic rings. The molecule has 0 spiro atoms. The van der Waals surface area contributed by atoms with Crippen LogP contribution in [0, 0.1) is 0 Å². The Labute approximate surface area is 153 Å². The molecule has 1 fully saturated rings. The quantitative estimate of drug-likeness (QED) is 0.838. The van der Waals surface area contributed by atoms with Gasteiger partial charge >= 0.3 is 6.03 Å². The molecule has 0 bridgehead atoms. The predicted octanol–water partition coefficient (Wildman–Crippen LogP) is 4.59. The molecule has 1 aromatic heterocycles. The molecule has 5 heteroatoms. The van der Waals surface area contributed by atoms with Crippen LogP contribution in [0.3, 0.4) is 0 Å². The van der Waals surface area contributed by atoms with Crippen molar-refractivity contribution in [2.45, 2.75) is 50.7 Å². The van der Waals surface area contributed by atoms with E-state index in [0.29, 0.717) is 17.6 Å². The fourth-order valence-corrected chi connectivity index (χ4v) is 4.23. The molecule has 4 rings (SSSR count). The highest BCUT2D eigenvalue weighted by molar-refractivity contribution is 6.30. The van der Waals surface area contributed by atoms with Gasteiger partial charge in [0.25, 0.3) is 0 Å². The van der Waals surface area contributed by atoms with E-state index in [4.69, 9.17) is 11.6 Å². The van der Waals surface area contributed by atoms with Crippen molar-refractivity contribution >= 4 is 17.6 Å². The SMILES string of the molecule is O=C(NC1CCCCC1)N1CCn2cccc2[C@@H]1c1ccc(Cl)cc1. The van der Waals surface area contributed by atoms with E-state index in [1.807, 2.05) is 29.2 Å². The maximum Gasteiger partial charge on any atom is 0.318 e. The number of urea groups is 1. The molecule has 1 atom stereocenters. The van der Waals surface area contributed by atoms with Gasteiger partial charge in [-0.1, -0.05) is 43.0 Å². The number of carbonyl (C=O) groups excluding carboxylic acids is 1. The van der Waals surface area contributed by atoms with Crippen LogP contribution < -0.4 is 5.32 Å². The zero-order valence-electron chi connectivity index (χ0n) is 14.3. The van der Waals surface area contributed by atoms with Crippen molar-refractivity contribution < 1.29 is 4.79 Å².